The van der Waals surface area contributed by atoms with E-state index < -0.39 is 0 Å². The smallest absolute Gasteiger partial charge is 0.234 e. The van der Waals surface area contributed by atoms with Gasteiger partial charge >= 0.3 is 0 Å². The first-order chi connectivity index (χ1) is 10.4. The number of amides is 1. The van der Waals surface area contributed by atoms with Gasteiger partial charge in [-0.1, -0.05) is 32.9 Å². The molecule has 1 aliphatic rings. The Bertz CT molecular complexity index is 494. The maximum atomic E-state index is 12.0. The van der Waals surface area contributed by atoms with Gasteiger partial charge in [-0.15, -0.1) is 11.8 Å². The van der Waals surface area contributed by atoms with Crippen molar-refractivity contribution in [2.24, 2.45) is 0 Å². The van der Waals surface area contributed by atoms with Crippen molar-refractivity contribution in [3.63, 3.8) is 0 Å². The molecule has 0 aliphatic carbocycles. The van der Waals surface area contributed by atoms with Gasteiger partial charge in [-0.3, -0.25) is 9.69 Å². The molecule has 5 heteroatoms. The summed E-state index contributed by atoms with van der Waals surface area (Å²) in [5.41, 5.74) is 2.11. The number of morpholine rings is 1. The molecule has 1 aliphatic heterocycles. The Morgan fingerprint density at radius 2 is 2.05 bits per heavy atom. The predicted molar refractivity (Wildman–Crippen MR) is 93.4 cm³/mol. The minimum atomic E-state index is 0.0587. The summed E-state index contributed by atoms with van der Waals surface area (Å²) in [5, 5.41) is 2.99. The van der Waals surface area contributed by atoms with E-state index in [1.54, 1.807) is 11.8 Å². The number of ether oxygens (including phenoxy) is 1. The summed E-state index contributed by atoms with van der Waals surface area (Å²) >= 11 is 1.66. The Morgan fingerprint density at radius 1 is 1.32 bits per heavy atom. The number of benzene rings is 1. The topological polar surface area (TPSA) is 41.6 Å². The summed E-state index contributed by atoms with van der Waals surface area (Å²) in [6, 6.07) is 8.12. The number of hydrogen-bond acceptors (Lipinski definition) is 4. The van der Waals surface area contributed by atoms with Crippen LogP contribution in [0, 0.1) is 0 Å². The van der Waals surface area contributed by atoms with E-state index in [0.717, 1.165) is 38.5 Å². The van der Waals surface area contributed by atoms with Crippen LogP contribution in [0.15, 0.2) is 24.3 Å². The molecule has 0 unspecified atom stereocenters. The lowest BCUT2D eigenvalue weighted by Crippen LogP contribution is -2.35. The molecule has 0 radical (unpaired) electrons. The van der Waals surface area contributed by atoms with Crippen LogP contribution in [0.25, 0.3) is 0 Å². The van der Waals surface area contributed by atoms with Gasteiger partial charge in [-0.05, 0) is 17.7 Å². The molecule has 0 atom stereocenters. The summed E-state index contributed by atoms with van der Waals surface area (Å²) in [6.07, 6.45) is 0. The van der Waals surface area contributed by atoms with Crippen LogP contribution in [-0.4, -0.2) is 47.6 Å². The second-order valence-electron chi connectivity index (χ2n) is 6.54. The lowest BCUT2D eigenvalue weighted by atomic mass is 10.2. The second kappa shape index (κ2) is 7.99. The van der Waals surface area contributed by atoms with Gasteiger partial charge in [0.05, 0.1) is 19.0 Å². The van der Waals surface area contributed by atoms with E-state index in [1.807, 2.05) is 12.1 Å². The zero-order chi connectivity index (χ0) is 16.0. The molecule has 1 amide bonds. The maximum Gasteiger partial charge on any atom is 0.234 e. The molecular formula is C17H26N2O2S. The quantitative estimate of drug-likeness (QED) is 0.905. The van der Waals surface area contributed by atoms with Crippen molar-refractivity contribution in [3.05, 3.63) is 29.8 Å². The molecule has 0 spiro atoms. The average molecular weight is 322 g/mol. The maximum absolute atomic E-state index is 12.0. The fourth-order valence-corrected chi connectivity index (χ4v) is 2.88. The fraction of sp³-hybridized carbons (Fsp3) is 0.588. The molecule has 0 bridgehead atoms. The molecule has 122 valence electrons. The molecule has 1 aromatic carbocycles. The van der Waals surface area contributed by atoms with E-state index in [4.69, 9.17) is 4.74 Å². The lowest BCUT2D eigenvalue weighted by molar-refractivity contribution is -0.113. The van der Waals surface area contributed by atoms with Crippen molar-refractivity contribution in [1.29, 1.82) is 0 Å². The Balaban J connectivity index is 1.86. The SMILES string of the molecule is CC(C)(C)SCC(=O)Nc1cccc(CN2CCOCC2)c1. The molecule has 4 nitrogen and oxygen atoms in total. The highest BCUT2D eigenvalue weighted by Gasteiger charge is 2.14. The summed E-state index contributed by atoms with van der Waals surface area (Å²) in [7, 11) is 0. The van der Waals surface area contributed by atoms with Gasteiger partial charge in [-0.2, -0.15) is 0 Å². The van der Waals surface area contributed by atoms with Gasteiger partial charge in [0.25, 0.3) is 0 Å². The van der Waals surface area contributed by atoms with Crippen molar-refractivity contribution in [2.45, 2.75) is 32.1 Å². The molecule has 0 aromatic heterocycles. The van der Waals surface area contributed by atoms with Gasteiger partial charge in [0.2, 0.25) is 5.91 Å². The number of nitrogens with one attached hydrogen (secondary N) is 1. The van der Waals surface area contributed by atoms with Gasteiger partial charge < -0.3 is 10.1 Å². The molecular weight excluding hydrogens is 296 g/mol. The third-order valence-electron chi connectivity index (χ3n) is 3.36. The third kappa shape index (κ3) is 6.38. The third-order valence-corrected chi connectivity index (χ3v) is 4.63. The van der Waals surface area contributed by atoms with E-state index in [-0.39, 0.29) is 10.7 Å². The van der Waals surface area contributed by atoms with Crippen LogP contribution in [0.4, 0.5) is 5.69 Å². The van der Waals surface area contributed by atoms with Crippen LogP contribution >= 0.6 is 11.8 Å². The van der Waals surface area contributed by atoms with E-state index in [9.17, 15) is 4.79 Å². The lowest BCUT2D eigenvalue weighted by Gasteiger charge is -2.26. The summed E-state index contributed by atoms with van der Waals surface area (Å²) in [6.45, 7) is 10.8. The number of hydrogen-bond donors (Lipinski definition) is 1. The first-order valence-electron chi connectivity index (χ1n) is 7.75. The minimum Gasteiger partial charge on any atom is -0.379 e. The molecule has 22 heavy (non-hydrogen) atoms. The van der Waals surface area contributed by atoms with Crippen LogP contribution in [0.3, 0.4) is 0 Å². The van der Waals surface area contributed by atoms with Crippen LogP contribution < -0.4 is 5.32 Å². The summed E-state index contributed by atoms with van der Waals surface area (Å²) < 4.78 is 5.47. The van der Waals surface area contributed by atoms with Gasteiger partial charge in [0.15, 0.2) is 0 Å². The van der Waals surface area contributed by atoms with Crippen molar-refractivity contribution < 1.29 is 9.53 Å². The average Bonchev–Trinajstić information content (AvgIpc) is 2.46. The number of anilines is 1. The number of nitrogens with zero attached hydrogens (tertiary/aromatic N) is 1. The molecule has 1 heterocycles. The van der Waals surface area contributed by atoms with E-state index in [0.29, 0.717) is 5.75 Å². The van der Waals surface area contributed by atoms with E-state index >= 15 is 0 Å². The normalized spacial score (nSPS) is 16.5. The molecule has 1 fully saturated rings. The number of carbonyl (C=O) groups is 1. The minimum absolute atomic E-state index is 0.0587. The zero-order valence-electron chi connectivity index (χ0n) is 13.7. The molecule has 2 rings (SSSR count). The largest absolute Gasteiger partial charge is 0.379 e. The van der Waals surface area contributed by atoms with Crippen molar-refractivity contribution in [2.75, 3.05) is 37.4 Å². The first-order valence-corrected chi connectivity index (χ1v) is 8.74. The highest BCUT2D eigenvalue weighted by molar-refractivity contribution is 8.01. The Labute approximate surface area is 137 Å². The van der Waals surface area contributed by atoms with Crippen molar-refractivity contribution >= 4 is 23.4 Å². The highest BCUT2D eigenvalue weighted by Crippen LogP contribution is 2.23. The van der Waals surface area contributed by atoms with Gasteiger partial charge in [0.1, 0.15) is 0 Å². The van der Waals surface area contributed by atoms with E-state index in [2.05, 4.69) is 43.1 Å². The molecule has 1 saturated heterocycles. The second-order valence-corrected chi connectivity index (χ2v) is 8.34. The zero-order valence-corrected chi connectivity index (χ0v) is 14.5. The van der Waals surface area contributed by atoms with Crippen molar-refractivity contribution in [3.8, 4) is 0 Å². The van der Waals surface area contributed by atoms with Gasteiger partial charge in [-0.25, -0.2) is 0 Å². The first kappa shape index (κ1) is 17.3. The number of rotatable bonds is 5. The Morgan fingerprint density at radius 3 is 2.73 bits per heavy atom. The fourth-order valence-electron chi connectivity index (χ4n) is 2.24. The van der Waals surface area contributed by atoms with Crippen molar-refractivity contribution in [1.82, 2.24) is 4.90 Å². The predicted octanol–water partition coefficient (Wildman–Crippen LogP) is 2.99. The van der Waals surface area contributed by atoms with Crippen LogP contribution in [-0.2, 0) is 16.1 Å². The van der Waals surface area contributed by atoms with E-state index in [1.165, 1.54) is 5.56 Å². The molecule has 1 aromatic rings. The molecule has 0 saturated carbocycles. The number of thioether (sulfide) groups is 1. The Hall–Kier alpha value is -1.04. The summed E-state index contributed by atoms with van der Waals surface area (Å²) in [5.74, 6) is 0.542. The number of carbonyl (C=O) groups excluding carboxylic acids is 1. The highest BCUT2D eigenvalue weighted by atomic mass is 32.2. The van der Waals surface area contributed by atoms with Gasteiger partial charge in [0, 0.05) is 30.1 Å². The standard InChI is InChI=1S/C17H26N2O2S/c1-17(2,3)22-13-16(20)18-15-6-4-5-14(11-15)12-19-7-9-21-10-8-19/h4-6,11H,7-10,12-13H2,1-3H3,(H,18,20). The molecule has 1 N–H and O–H groups in total. The van der Waals surface area contributed by atoms with Crippen LogP contribution in [0.5, 0.6) is 0 Å². The monoisotopic (exact) mass is 322 g/mol. The summed E-state index contributed by atoms with van der Waals surface area (Å²) in [4.78, 5) is 14.4. The van der Waals surface area contributed by atoms with Crippen LogP contribution in [0.1, 0.15) is 26.3 Å². The van der Waals surface area contributed by atoms with Crippen LogP contribution in [0.2, 0.25) is 0 Å². The Kier molecular flexibility index (Phi) is 6.29.